The summed E-state index contributed by atoms with van der Waals surface area (Å²) in [6.45, 7) is 8.35. The van der Waals surface area contributed by atoms with E-state index < -0.39 is 11.7 Å². The largest absolute Gasteiger partial charge is 0.494 e. The lowest BCUT2D eigenvalue weighted by Crippen LogP contribution is -2.48. The highest BCUT2D eigenvalue weighted by Gasteiger charge is 2.26. The molecule has 1 N–H and O–H groups in total. The van der Waals surface area contributed by atoms with Gasteiger partial charge in [-0.05, 0) is 44.4 Å². The zero-order valence-corrected chi connectivity index (χ0v) is 23.8. The third-order valence-corrected chi connectivity index (χ3v) is 7.89. The number of halogens is 1. The number of pyridine rings is 1. The Hall–Kier alpha value is -4.03. The van der Waals surface area contributed by atoms with Crippen molar-refractivity contribution in [2.75, 3.05) is 51.8 Å². The molecule has 11 nitrogen and oxygen atoms in total. The van der Waals surface area contributed by atoms with E-state index in [4.69, 9.17) is 9.47 Å². The van der Waals surface area contributed by atoms with Gasteiger partial charge in [-0.25, -0.2) is 14.1 Å². The van der Waals surface area contributed by atoms with Crippen LogP contribution in [-0.2, 0) is 4.74 Å². The van der Waals surface area contributed by atoms with Gasteiger partial charge in [0.2, 0.25) is 0 Å². The molecule has 0 spiro atoms. The van der Waals surface area contributed by atoms with E-state index in [1.54, 1.807) is 38.2 Å². The van der Waals surface area contributed by atoms with E-state index in [2.05, 4.69) is 37.3 Å². The number of fused-ring (bicyclic) bond motifs is 1. The highest BCUT2D eigenvalue weighted by molar-refractivity contribution is 5.95. The van der Waals surface area contributed by atoms with E-state index in [0.29, 0.717) is 16.9 Å². The number of imidazole rings is 1. The van der Waals surface area contributed by atoms with Crippen LogP contribution in [-0.4, -0.2) is 94.3 Å². The molecule has 1 aromatic carbocycles. The van der Waals surface area contributed by atoms with Gasteiger partial charge in [0.25, 0.3) is 5.91 Å². The van der Waals surface area contributed by atoms with Crippen LogP contribution in [0.15, 0.2) is 36.8 Å². The zero-order valence-electron chi connectivity index (χ0n) is 23.8. The van der Waals surface area contributed by atoms with Crippen molar-refractivity contribution >= 4 is 17.2 Å². The summed E-state index contributed by atoms with van der Waals surface area (Å²) in [6.07, 6.45) is 7.60. The number of carbonyl (C=O) groups is 1. The molecular formula is C29H35FN8O3. The van der Waals surface area contributed by atoms with Gasteiger partial charge in [0.15, 0.2) is 0 Å². The lowest BCUT2D eigenvalue weighted by Gasteiger charge is -2.37. The number of anilines is 1. The average Bonchev–Trinajstić information content (AvgIpc) is 3.48. The van der Waals surface area contributed by atoms with Gasteiger partial charge in [-0.1, -0.05) is 5.21 Å². The van der Waals surface area contributed by atoms with Gasteiger partial charge in [-0.2, -0.15) is 0 Å². The predicted molar refractivity (Wildman–Crippen MR) is 152 cm³/mol. The van der Waals surface area contributed by atoms with Crippen LogP contribution < -0.4 is 15.0 Å². The van der Waals surface area contributed by atoms with Crippen LogP contribution in [0.2, 0.25) is 0 Å². The highest BCUT2D eigenvalue weighted by atomic mass is 19.1. The van der Waals surface area contributed by atoms with Crippen molar-refractivity contribution in [3.63, 3.8) is 0 Å². The van der Waals surface area contributed by atoms with Crippen LogP contribution in [0, 0.1) is 12.7 Å². The molecule has 3 aromatic heterocycles. The molecule has 1 saturated carbocycles. The number of hydrogen-bond donors (Lipinski definition) is 1. The fraction of sp³-hybridized carbons (Fsp3) is 0.448. The SMILES string of the molecule is COc1cc2ncc(-c3cn(-c4cc(C(=O)NC5CC5)c(F)cc4C)nn3)n2cc1N1CCN(C[C@H](C)OC)CC1. The predicted octanol–water partition coefficient (Wildman–Crippen LogP) is 3.09. The molecule has 1 amide bonds. The number of piperazine rings is 1. The summed E-state index contributed by atoms with van der Waals surface area (Å²) in [5, 5.41) is 11.6. The van der Waals surface area contributed by atoms with Crippen LogP contribution in [0.25, 0.3) is 22.7 Å². The molecule has 2 aliphatic rings. The van der Waals surface area contributed by atoms with Gasteiger partial charge in [0.05, 0.1) is 48.2 Å². The molecule has 2 fully saturated rings. The normalized spacial score (nSPS) is 16.8. The molecule has 0 radical (unpaired) electrons. The molecule has 1 saturated heterocycles. The van der Waals surface area contributed by atoms with Crippen LogP contribution in [0.5, 0.6) is 5.75 Å². The van der Waals surface area contributed by atoms with Gasteiger partial charge in [0, 0.05) is 58.1 Å². The summed E-state index contributed by atoms with van der Waals surface area (Å²) in [6, 6.07) is 4.95. The van der Waals surface area contributed by atoms with E-state index in [9.17, 15) is 9.18 Å². The number of amides is 1. The number of methoxy groups -OCH3 is 2. The minimum atomic E-state index is -0.554. The Morgan fingerprint density at radius 3 is 2.61 bits per heavy atom. The molecule has 1 atom stereocenters. The van der Waals surface area contributed by atoms with Crippen LogP contribution in [0.3, 0.4) is 0 Å². The summed E-state index contributed by atoms with van der Waals surface area (Å²) in [5.74, 6) is -0.207. The first kappa shape index (κ1) is 27.2. The lowest BCUT2D eigenvalue weighted by atomic mass is 10.1. The van der Waals surface area contributed by atoms with E-state index in [0.717, 1.165) is 68.3 Å². The van der Waals surface area contributed by atoms with Gasteiger partial charge < -0.3 is 19.7 Å². The van der Waals surface area contributed by atoms with Gasteiger partial charge in [-0.3, -0.25) is 14.1 Å². The number of benzene rings is 1. The fourth-order valence-electron chi connectivity index (χ4n) is 5.27. The first-order valence-electron chi connectivity index (χ1n) is 13.9. The van der Waals surface area contributed by atoms with E-state index >= 15 is 0 Å². The van der Waals surface area contributed by atoms with Crippen molar-refractivity contribution in [1.29, 1.82) is 0 Å². The number of rotatable bonds is 9. The Bertz CT molecular complexity index is 1570. The van der Waals surface area contributed by atoms with Gasteiger partial charge >= 0.3 is 0 Å². The van der Waals surface area contributed by atoms with E-state index in [1.807, 2.05) is 16.7 Å². The fourth-order valence-corrected chi connectivity index (χ4v) is 5.27. The summed E-state index contributed by atoms with van der Waals surface area (Å²) >= 11 is 0. The second kappa shape index (κ2) is 11.1. The Morgan fingerprint density at radius 1 is 1.12 bits per heavy atom. The summed E-state index contributed by atoms with van der Waals surface area (Å²) in [5.41, 5.74) is 4.28. The van der Waals surface area contributed by atoms with Crippen LogP contribution in [0.4, 0.5) is 10.1 Å². The smallest absolute Gasteiger partial charge is 0.254 e. The standard InChI is InChI=1S/C29H35FN8O3/c1-18-11-22(30)21(29(39)32-20-5-6-20)12-24(18)38-16-23(33-34-38)25-14-31-28-13-27(41-4)26(17-37(25)28)36-9-7-35(8-10-36)15-19(2)40-3/h11-14,16-17,19-20H,5-10,15H2,1-4H3,(H,32,39)/t19-/m0/s1. The molecule has 4 heterocycles. The lowest BCUT2D eigenvalue weighted by molar-refractivity contribution is 0.0749. The number of hydrogen-bond acceptors (Lipinski definition) is 8. The minimum absolute atomic E-state index is 0.00198. The molecule has 1 aliphatic carbocycles. The molecule has 216 valence electrons. The first-order chi connectivity index (χ1) is 19.8. The van der Waals surface area contributed by atoms with E-state index in [1.165, 1.54) is 12.1 Å². The molecule has 0 unspecified atom stereocenters. The van der Waals surface area contributed by atoms with Crippen molar-refractivity contribution < 1.29 is 18.7 Å². The molecule has 4 aromatic rings. The molecule has 6 rings (SSSR count). The number of aromatic nitrogens is 5. The summed E-state index contributed by atoms with van der Waals surface area (Å²) in [4.78, 5) is 21.9. The third kappa shape index (κ3) is 5.49. The van der Waals surface area contributed by atoms with Crippen LogP contribution >= 0.6 is 0 Å². The molecular weight excluding hydrogens is 527 g/mol. The maximum absolute atomic E-state index is 14.7. The molecule has 1 aliphatic heterocycles. The Balaban J connectivity index is 1.28. The number of ether oxygens (including phenoxy) is 2. The van der Waals surface area contributed by atoms with Gasteiger partial charge in [-0.15, -0.1) is 5.10 Å². The van der Waals surface area contributed by atoms with Crippen LogP contribution in [0.1, 0.15) is 35.7 Å². The number of nitrogens with zero attached hydrogens (tertiary/aromatic N) is 7. The van der Waals surface area contributed by atoms with Crippen molar-refractivity contribution in [2.45, 2.75) is 38.8 Å². The second-order valence-corrected chi connectivity index (χ2v) is 10.8. The zero-order chi connectivity index (χ0) is 28.7. The minimum Gasteiger partial charge on any atom is -0.494 e. The van der Waals surface area contributed by atoms with Crippen molar-refractivity contribution in [1.82, 2.24) is 34.6 Å². The molecule has 0 bridgehead atoms. The highest BCUT2D eigenvalue weighted by Crippen LogP contribution is 2.33. The number of carbonyl (C=O) groups excluding carboxylic acids is 1. The Labute approximate surface area is 237 Å². The van der Waals surface area contributed by atoms with Crippen molar-refractivity contribution in [3.05, 3.63) is 53.7 Å². The van der Waals surface area contributed by atoms with Gasteiger partial charge in [0.1, 0.15) is 22.9 Å². The monoisotopic (exact) mass is 562 g/mol. The van der Waals surface area contributed by atoms with Crippen molar-refractivity contribution in [2.24, 2.45) is 0 Å². The van der Waals surface area contributed by atoms with E-state index in [-0.39, 0.29) is 17.7 Å². The average molecular weight is 563 g/mol. The maximum Gasteiger partial charge on any atom is 0.254 e. The summed E-state index contributed by atoms with van der Waals surface area (Å²) in [7, 11) is 3.42. The second-order valence-electron chi connectivity index (χ2n) is 10.8. The third-order valence-electron chi connectivity index (χ3n) is 7.89. The van der Waals surface area contributed by atoms with Crippen molar-refractivity contribution in [3.8, 4) is 22.8 Å². The number of nitrogens with one attached hydrogen (secondary N) is 1. The quantitative estimate of drug-likeness (QED) is 0.332. The Morgan fingerprint density at radius 2 is 1.90 bits per heavy atom. The summed E-state index contributed by atoms with van der Waals surface area (Å²) < 4.78 is 29.4. The number of aryl methyl sites for hydroxylation is 1. The maximum atomic E-state index is 14.7. The molecule has 12 heteroatoms. The first-order valence-corrected chi connectivity index (χ1v) is 13.9. The Kier molecular flexibility index (Phi) is 7.35. The topological polar surface area (TPSA) is 102 Å². The molecule has 41 heavy (non-hydrogen) atoms.